The summed E-state index contributed by atoms with van der Waals surface area (Å²) >= 11 is 3.43. The van der Waals surface area contributed by atoms with Crippen LogP contribution in [0.2, 0.25) is 0 Å². The minimum absolute atomic E-state index is 0.0973. The molecule has 1 aromatic heterocycles. The van der Waals surface area contributed by atoms with Crippen molar-refractivity contribution in [2.45, 2.75) is 26.4 Å². The molecule has 7 heteroatoms. The lowest BCUT2D eigenvalue weighted by molar-refractivity contribution is -0.136. The molecule has 1 aliphatic heterocycles. The van der Waals surface area contributed by atoms with Crippen molar-refractivity contribution < 1.29 is 9.18 Å². The van der Waals surface area contributed by atoms with Gasteiger partial charge < -0.3 is 4.90 Å². The van der Waals surface area contributed by atoms with E-state index in [1.165, 1.54) is 12.1 Å². The molecule has 1 atom stereocenters. The number of aromatic nitrogens is 2. The van der Waals surface area contributed by atoms with Crippen molar-refractivity contribution in [3.05, 3.63) is 52.0 Å². The third-order valence-corrected chi connectivity index (χ3v) is 5.49. The highest BCUT2D eigenvalue weighted by atomic mass is 79.9. The molecular formula is C18H22BrFN4O. The first-order chi connectivity index (χ1) is 12.0. The van der Waals surface area contributed by atoms with E-state index in [0.29, 0.717) is 13.1 Å². The van der Waals surface area contributed by atoms with Gasteiger partial charge in [0.2, 0.25) is 5.91 Å². The van der Waals surface area contributed by atoms with E-state index in [1.807, 2.05) is 30.9 Å². The van der Waals surface area contributed by atoms with Gasteiger partial charge in [0.1, 0.15) is 11.9 Å². The van der Waals surface area contributed by atoms with Crippen LogP contribution in [0.5, 0.6) is 0 Å². The van der Waals surface area contributed by atoms with Gasteiger partial charge in [-0.3, -0.25) is 14.4 Å². The Morgan fingerprint density at radius 2 is 1.88 bits per heavy atom. The maximum Gasteiger partial charge on any atom is 0.247 e. The fraction of sp³-hybridized carbons (Fsp3) is 0.444. The van der Waals surface area contributed by atoms with E-state index in [2.05, 4.69) is 25.9 Å². The van der Waals surface area contributed by atoms with Crippen LogP contribution in [0.25, 0.3) is 0 Å². The molecule has 2 heterocycles. The zero-order chi connectivity index (χ0) is 18.0. The van der Waals surface area contributed by atoms with Crippen molar-refractivity contribution in [3.63, 3.8) is 0 Å². The van der Waals surface area contributed by atoms with Gasteiger partial charge in [-0.05, 0) is 47.5 Å². The Morgan fingerprint density at radius 1 is 1.24 bits per heavy atom. The highest BCUT2D eigenvalue weighted by Gasteiger charge is 2.27. The van der Waals surface area contributed by atoms with Crippen molar-refractivity contribution in [3.8, 4) is 0 Å². The maximum absolute atomic E-state index is 13.0. The molecule has 0 radical (unpaired) electrons. The Kier molecular flexibility index (Phi) is 5.54. The minimum atomic E-state index is -0.310. The Balaban J connectivity index is 1.55. The van der Waals surface area contributed by atoms with Crippen molar-refractivity contribution >= 4 is 21.8 Å². The van der Waals surface area contributed by atoms with Crippen LogP contribution in [0.1, 0.15) is 24.2 Å². The van der Waals surface area contributed by atoms with Crippen LogP contribution < -0.4 is 0 Å². The van der Waals surface area contributed by atoms with Crippen molar-refractivity contribution in [1.82, 2.24) is 19.6 Å². The number of halogens is 2. The summed E-state index contributed by atoms with van der Waals surface area (Å²) in [5.41, 5.74) is 2.04. The maximum atomic E-state index is 13.0. The average molecular weight is 409 g/mol. The van der Waals surface area contributed by atoms with Crippen LogP contribution in [0.4, 0.5) is 4.39 Å². The van der Waals surface area contributed by atoms with E-state index in [1.54, 1.807) is 10.9 Å². The summed E-state index contributed by atoms with van der Waals surface area (Å²) in [6, 6.07) is 6.29. The summed E-state index contributed by atoms with van der Waals surface area (Å²) in [6.45, 7) is 7.65. The summed E-state index contributed by atoms with van der Waals surface area (Å²) in [5.74, 6) is -0.117. The highest BCUT2D eigenvalue weighted by molar-refractivity contribution is 9.10. The summed E-state index contributed by atoms with van der Waals surface area (Å²) in [5, 5.41) is 4.29. The number of amides is 1. The molecule has 1 fully saturated rings. The van der Waals surface area contributed by atoms with Gasteiger partial charge in [-0.2, -0.15) is 5.10 Å². The SMILES string of the molecule is Cc1c(Br)cnn1C(C)C(=O)N1CCN(Cc2ccc(F)cc2)CC1. The van der Waals surface area contributed by atoms with E-state index in [9.17, 15) is 9.18 Å². The second-order valence-corrected chi connectivity index (χ2v) is 7.28. The monoisotopic (exact) mass is 408 g/mol. The molecule has 1 unspecified atom stereocenters. The molecule has 0 saturated carbocycles. The molecule has 0 bridgehead atoms. The molecular weight excluding hydrogens is 387 g/mol. The quantitative estimate of drug-likeness (QED) is 0.780. The largest absolute Gasteiger partial charge is 0.338 e. The Morgan fingerprint density at radius 3 is 2.44 bits per heavy atom. The molecule has 1 aromatic carbocycles. The highest BCUT2D eigenvalue weighted by Crippen LogP contribution is 2.20. The molecule has 25 heavy (non-hydrogen) atoms. The first kappa shape index (κ1) is 18.1. The van der Waals surface area contributed by atoms with Gasteiger partial charge in [-0.15, -0.1) is 0 Å². The normalized spacial score (nSPS) is 16.9. The molecule has 0 N–H and O–H groups in total. The predicted octanol–water partition coefficient (Wildman–Crippen LogP) is 3.00. The summed E-state index contributed by atoms with van der Waals surface area (Å²) < 4.78 is 15.7. The molecule has 5 nitrogen and oxygen atoms in total. The van der Waals surface area contributed by atoms with Gasteiger partial charge in [0, 0.05) is 32.7 Å². The minimum Gasteiger partial charge on any atom is -0.338 e. The fourth-order valence-corrected chi connectivity index (χ4v) is 3.41. The van der Waals surface area contributed by atoms with Crippen LogP contribution in [0.3, 0.4) is 0 Å². The number of carbonyl (C=O) groups is 1. The molecule has 0 aliphatic carbocycles. The van der Waals surface area contributed by atoms with E-state index in [0.717, 1.165) is 35.4 Å². The van der Waals surface area contributed by atoms with Crippen LogP contribution in [-0.2, 0) is 11.3 Å². The molecule has 1 saturated heterocycles. The summed E-state index contributed by atoms with van der Waals surface area (Å²) in [6.07, 6.45) is 1.72. The smallest absolute Gasteiger partial charge is 0.247 e. The molecule has 0 spiro atoms. The lowest BCUT2D eigenvalue weighted by Gasteiger charge is -2.36. The van der Waals surface area contributed by atoms with Gasteiger partial charge in [0.05, 0.1) is 16.4 Å². The lowest BCUT2D eigenvalue weighted by Crippen LogP contribution is -2.50. The zero-order valence-corrected chi connectivity index (χ0v) is 16.0. The lowest BCUT2D eigenvalue weighted by atomic mass is 10.2. The first-order valence-corrected chi connectivity index (χ1v) is 9.20. The average Bonchev–Trinajstić information content (AvgIpc) is 2.95. The van der Waals surface area contributed by atoms with Crippen molar-refractivity contribution in [1.29, 1.82) is 0 Å². The number of hydrogen-bond donors (Lipinski definition) is 0. The van der Waals surface area contributed by atoms with Crippen molar-refractivity contribution in [2.75, 3.05) is 26.2 Å². The zero-order valence-electron chi connectivity index (χ0n) is 14.5. The Bertz CT molecular complexity index is 738. The standard InChI is InChI=1S/C18H22BrFN4O/c1-13-17(19)11-21-24(13)14(2)18(25)23-9-7-22(8-10-23)12-15-3-5-16(20)6-4-15/h3-6,11,14H,7-10,12H2,1-2H3. The van der Waals surface area contributed by atoms with Gasteiger partial charge in [0.25, 0.3) is 0 Å². The number of piperazine rings is 1. The second-order valence-electron chi connectivity index (χ2n) is 6.43. The van der Waals surface area contributed by atoms with E-state index >= 15 is 0 Å². The molecule has 1 amide bonds. The topological polar surface area (TPSA) is 41.4 Å². The van der Waals surface area contributed by atoms with Crippen LogP contribution in [-0.4, -0.2) is 51.7 Å². The molecule has 2 aromatic rings. The van der Waals surface area contributed by atoms with Crippen molar-refractivity contribution in [2.24, 2.45) is 0 Å². The predicted molar refractivity (Wildman–Crippen MR) is 97.6 cm³/mol. The number of nitrogens with zero attached hydrogens (tertiary/aromatic N) is 4. The third-order valence-electron chi connectivity index (χ3n) is 4.71. The van der Waals surface area contributed by atoms with Gasteiger partial charge in [0.15, 0.2) is 0 Å². The van der Waals surface area contributed by atoms with Crippen LogP contribution in [0, 0.1) is 12.7 Å². The van der Waals surface area contributed by atoms with Gasteiger partial charge in [-0.1, -0.05) is 12.1 Å². The van der Waals surface area contributed by atoms with E-state index < -0.39 is 0 Å². The van der Waals surface area contributed by atoms with Crippen LogP contribution >= 0.6 is 15.9 Å². The van der Waals surface area contributed by atoms with E-state index in [-0.39, 0.29) is 17.8 Å². The number of hydrogen-bond acceptors (Lipinski definition) is 3. The Labute approximate surface area is 155 Å². The number of benzene rings is 1. The Hall–Kier alpha value is -1.73. The van der Waals surface area contributed by atoms with E-state index in [4.69, 9.17) is 0 Å². The van der Waals surface area contributed by atoms with Gasteiger partial charge >= 0.3 is 0 Å². The molecule has 134 valence electrons. The second kappa shape index (κ2) is 7.66. The summed E-state index contributed by atoms with van der Waals surface area (Å²) in [7, 11) is 0. The fourth-order valence-electron chi connectivity index (χ4n) is 3.14. The van der Waals surface area contributed by atoms with Gasteiger partial charge in [-0.25, -0.2) is 4.39 Å². The summed E-state index contributed by atoms with van der Waals surface area (Å²) in [4.78, 5) is 16.9. The molecule has 1 aliphatic rings. The molecule has 3 rings (SSSR count). The number of rotatable bonds is 4. The third kappa shape index (κ3) is 4.10. The first-order valence-electron chi connectivity index (χ1n) is 8.41. The number of carbonyl (C=O) groups excluding carboxylic acids is 1. The van der Waals surface area contributed by atoms with Crippen LogP contribution in [0.15, 0.2) is 34.9 Å².